The van der Waals surface area contributed by atoms with Gasteiger partial charge >= 0.3 is 5.97 Å². The monoisotopic (exact) mass is 321 g/mol. The van der Waals surface area contributed by atoms with E-state index in [1.807, 2.05) is 42.5 Å². The molecular formula is C20H19NO3. The largest absolute Gasteiger partial charge is 0.497 e. The second kappa shape index (κ2) is 6.04. The minimum atomic E-state index is -0.286. The first-order chi connectivity index (χ1) is 11.8. The highest BCUT2D eigenvalue weighted by Gasteiger charge is 2.40. The Morgan fingerprint density at radius 2 is 1.83 bits per heavy atom. The molecule has 0 amide bonds. The molecule has 0 aliphatic carbocycles. The molecule has 2 aliphatic rings. The normalized spacial score (nSPS) is 20.0. The maximum atomic E-state index is 12.5. The van der Waals surface area contributed by atoms with Gasteiger partial charge in [0.15, 0.2) is 6.23 Å². The van der Waals surface area contributed by atoms with Gasteiger partial charge in [0.05, 0.1) is 12.7 Å². The Balaban J connectivity index is 1.72. The van der Waals surface area contributed by atoms with Crippen LogP contribution in [-0.4, -0.2) is 25.9 Å². The molecule has 1 saturated heterocycles. The van der Waals surface area contributed by atoms with Crippen LogP contribution in [0.15, 0.2) is 60.2 Å². The summed E-state index contributed by atoms with van der Waals surface area (Å²) >= 11 is 0. The van der Waals surface area contributed by atoms with Crippen LogP contribution in [0.2, 0.25) is 0 Å². The summed E-state index contributed by atoms with van der Waals surface area (Å²) in [5, 5.41) is 0. The number of hydrogen-bond acceptors (Lipinski definition) is 4. The van der Waals surface area contributed by atoms with Gasteiger partial charge in [-0.25, -0.2) is 4.79 Å². The molecule has 4 nitrogen and oxygen atoms in total. The lowest BCUT2D eigenvalue weighted by atomic mass is 9.94. The molecule has 24 heavy (non-hydrogen) atoms. The molecule has 0 spiro atoms. The van der Waals surface area contributed by atoms with Gasteiger partial charge in [-0.1, -0.05) is 30.3 Å². The molecule has 0 N–H and O–H groups in total. The van der Waals surface area contributed by atoms with Crippen LogP contribution >= 0.6 is 0 Å². The number of carbonyl (C=O) groups is 1. The van der Waals surface area contributed by atoms with E-state index >= 15 is 0 Å². The highest BCUT2D eigenvalue weighted by atomic mass is 16.6. The van der Waals surface area contributed by atoms with Crippen molar-refractivity contribution in [1.82, 2.24) is 0 Å². The summed E-state index contributed by atoms with van der Waals surface area (Å²) in [7, 11) is 1.63. The molecule has 1 atom stereocenters. The second-order valence-electron chi connectivity index (χ2n) is 6.02. The van der Waals surface area contributed by atoms with Gasteiger partial charge in [0.25, 0.3) is 0 Å². The third kappa shape index (κ3) is 2.44. The summed E-state index contributed by atoms with van der Waals surface area (Å²) < 4.78 is 10.9. The zero-order valence-corrected chi connectivity index (χ0v) is 13.6. The average Bonchev–Trinajstić information content (AvgIpc) is 2.98. The lowest BCUT2D eigenvalue weighted by Crippen LogP contribution is -2.41. The summed E-state index contributed by atoms with van der Waals surface area (Å²) in [4.78, 5) is 14.7. The zero-order chi connectivity index (χ0) is 16.5. The van der Waals surface area contributed by atoms with Gasteiger partial charge in [0, 0.05) is 17.8 Å². The van der Waals surface area contributed by atoms with Gasteiger partial charge in [0.2, 0.25) is 0 Å². The Morgan fingerprint density at radius 1 is 1.08 bits per heavy atom. The van der Waals surface area contributed by atoms with Crippen molar-refractivity contribution in [3.05, 3.63) is 65.7 Å². The SMILES string of the molecule is COc1ccc(C2=C3CCCN(c4ccccc4)C3OC2=O)cc1. The zero-order valence-electron chi connectivity index (χ0n) is 13.6. The fourth-order valence-corrected chi connectivity index (χ4v) is 3.49. The lowest BCUT2D eigenvalue weighted by molar-refractivity contribution is -0.138. The minimum Gasteiger partial charge on any atom is -0.497 e. The fraction of sp³-hybridized carbons (Fsp3) is 0.250. The average molecular weight is 321 g/mol. The van der Waals surface area contributed by atoms with Crippen molar-refractivity contribution in [2.24, 2.45) is 0 Å². The van der Waals surface area contributed by atoms with Gasteiger partial charge in [0.1, 0.15) is 5.75 Å². The van der Waals surface area contributed by atoms with Crippen LogP contribution in [0.3, 0.4) is 0 Å². The molecule has 2 aliphatic heterocycles. The molecule has 0 bridgehead atoms. The van der Waals surface area contributed by atoms with E-state index in [1.54, 1.807) is 7.11 Å². The minimum absolute atomic E-state index is 0.233. The summed E-state index contributed by atoms with van der Waals surface area (Å²) in [6.45, 7) is 0.890. The van der Waals surface area contributed by atoms with Crippen molar-refractivity contribution in [2.75, 3.05) is 18.6 Å². The molecule has 0 radical (unpaired) electrons. The van der Waals surface area contributed by atoms with Crippen LogP contribution in [0.5, 0.6) is 5.75 Å². The molecule has 1 fully saturated rings. The first-order valence-electron chi connectivity index (χ1n) is 8.18. The van der Waals surface area contributed by atoms with Crippen LogP contribution in [0.4, 0.5) is 5.69 Å². The van der Waals surface area contributed by atoms with Crippen LogP contribution < -0.4 is 9.64 Å². The number of piperidine rings is 1. The summed E-state index contributed by atoms with van der Waals surface area (Å²) in [6.07, 6.45) is 1.61. The van der Waals surface area contributed by atoms with E-state index in [-0.39, 0.29) is 12.2 Å². The Kier molecular flexibility index (Phi) is 3.73. The third-order valence-electron chi connectivity index (χ3n) is 4.64. The molecule has 0 saturated carbocycles. The number of fused-ring (bicyclic) bond motifs is 1. The number of hydrogen-bond donors (Lipinski definition) is 0. The quantitative estimate of drug-likeness (QED) is 0.809. The Morgan fingerprint density at radius 3 is 2.54 bits per heavy atom. The Bertz CT molecular complexity index is 780. The standard InChI is InChI=1S/C20H19NO3/c1-23-16-11-9-14(10-12-16)18-17-8-5-13-21(19(17)24-20(18)22)15-6-3-2-4-7-15/h2-4,6-7,9-12,19H,5,8,13H2,1H3. The highest BCUT2D eigenvalue weighted by molar-refractivity contribution is 6.20. The van der Waals surface area contributed by atoms with E-state index < -0.39 is 0 Å². The summed E-state index contributed by atoms with van der Waals surface area (Å²) in [6, 6.07) is 17.7. The molecule has 4 heteroatoms. The van der Waals surface area contributed by atoms with Crippen molar-refractivity contribution in [2.45, 2.75) is 19.1 Å². The predicted octanol–water partition coefficient (Wildman–Crippen LogP) is 3.63. The van der Waals surface area contributed by atoms with Crippen LogP contribution in [-0.2, 0) is 9.53 Å². The predicted molar refractivity (Wildman–Crippen MR) is 92.8 cm³/mol. The molecular weight excluding hydrogens is 302 g/mol. The van der Waals surface area contributed by atoms with Gasteiger partial charge in [-0.05, 0) is 42.7 Å². The second-order valence-corrected chi connectivity index (χ2v) is 6.02. The van der Waals surface area contributed by atoms with Gasteiger partial charge < -0.3 is 14.4 Å². The van der Waals surface area contributed by atoms with E-state index in [9.17, 15) is 4.79 Å². The van der Waals surface area contributed by atoms with Gasteiger partial charge in [-0.2, -0.15) is 0 Å². The first kappa shape index (κ1) is 14.8. The van der Waals surface area contributed by atoms with Gasteiger partial charge in [-0.3, -0.25) is 0 Å². The van der Waals surface area contributed by atoms with Crippen molar-refractivity contribution >= 4 is 17.2 Å². The third-order valence-corrected chi connectivity index (χ3v) is 4.64. The molecule has 1 unspecified atom stereocenters. The summed E-state index contributed by atoms with van der Waals surface area (Å²) in [5.74, 6) is 0.546. The van der Waals surface area contributed by atoms with Crippen molar-refractivity contribution < 1.29 is 14.3 Å². The fourth-order valence-electron chi connectivity index (χ4n) is 3.49. The van der Waals surface area contributed by atoms with Crippen LogP contribution in [0, 0.1) is 0 Å². The molecule has 2 aromatic carbocycles. The molecule has 0 aromatic heterocycles. The van der Waals surface area contributed by atoms with Crippen molar-refractivity contribution in [1.29, 1.82) is 0 Å². The number of ether oxygens (including phenoxy) is 2. The molecule has 2 heterocycles. The van der Waals surface area contributed by atoms with E-state index in [0.29, 0.717) is 5.57 Å². The van der Waals surface area contributed by atoms with Gasteiger partial charge in [-0.15, -0.1) is 0 Å². The maximum Gasteiger partial charge on any atom is 0.341 e. The number of nitrogens with zero attached hydrogens (tertiary/aromatic N) is 1. The summed E-state index contributed by atoms with van der Waals surface area (Å²) in [5.41, 5.74) is 3.78. The smallest absolute Gasteiger partial charge is 0.341 e. The lowest BCUT2D eigenvalue weighted by Gasteiger charge is -2.35. The Hall–Kier alpha value is -2.75. The van der Waals surface area contributed by atoms with Crippen LogP contribution in [0.25, 0.3) is 5.57 Å². The number of anilines is 1. The Labute approximate surface area is 141 Å². The van der Waals surface area contributed by atoms with E-state index in [1.165, 1.54) is 0 Å². The number of methoxy groups -OCH3 is 1. The number of rotatable bonds is 3. The maximum absolute atomic E-state index is 12.5. The first-order valence-corrected chi connectivity index (χ1v) is 8.18. The number of carbonyl (C=O) groups excluding carboxylic acids is 1. The number of para-hydroxylation sites is 1. The molecule has 4 rings (SSSR count). The number of esters is 1. The van der Waals surface area contributed by atoms with E-state index in [4.69, 9.17) is 9.47 Å². The molecule has 2 aromatic rings. The van der Waals surface area contributed by atoms with Crippen LogP contribution in [0.1, 0.15) is 18.4 Å². The number of benzene rings is 2. The highest BCUT2D eigenvalue weighted by Crippen LogP contribution is 2.39. The van der Waals surface area contributed by atoms with Crippen molar-refractivity contribution in [3.8, 4) is 5.75 Å². The topological polar surface area (TPSA) is 38.8 Å². The van der Waals surface area contributed by atoms with E-state index in [2.05, 4.69) is 17.0 Å². The van der Waals surface area contributed by atoms with Crippen molar-refractivity contribution in [3.63, 3.8) is 0 Å². The molecule has 122 valence electrons. The van der Waals surface area contributed by atoms with E-state index in [0.717, 1.165) is 42.0 Å².